The van der Waals surface area contributed by atoms with Crippen molar-refractivity contribution in [2.75, 3.05) is 19.4 Å². The van der Waals surface area contributed by atoms with Crippen LogP contribution in [0.5, 0.6) is 5.75 Å². The van der Waals surface area contributed by atoms with Crippen LogP contribution in [0.3, 0.4) is 0 Å². The number of hydrogen-bond donors (Lipinski definition) is 2. The molecule has 7 heteroatoms. The molecule has 1 aromatic heterocycles. The van der Waals surface area contributed by atoms with Crippen molar-refractivity contribution in [2.45, 2.75) is 11.3 Å². The van der Waals surface area contributed by atoms with Gasteiger partial charge in [-0.2, -0.15) is 0 Å². The molecular formula is C13H16N2O4S. The lowest BCUT2D eigenvalue weighted by molar-refractivity contribution is 0.414. The van der Waals surface area contributed by atoms with Crippen molar-refractivity contribution < 1.29 is 17.6 Å². The predicted molar refractivity (Wildman–Crippen MR) is 75.0 cm³/mol. The minimum Gasteiger partial charge on any atom is -0.497 e. The molecule has 0 aliphatic rings. The van der Waals surface area contributed by atoms with Gasteiger partial charge in [0.05, 0.1) is 19.1 Å². The van der Waals surface area contributed by atoms with Gasteiger partial charge in [-0.05, 0) is 24.3 Å². The van der Waals surface area contributed by atoms with Gasteiger partial charge in [-0.1, -0.05) is 0 Å². The Balaban J connectivity index is 2.06. The summed E-state index contributed by atoms with van der Waals surface area (Å²) < 4.78 is 36.8. The maximum atomic E-state index is 12.1. The van der Waals surface area contributed by atoms with E-state index in [4.69, 9.17) is 14.9 Å². The molecule has 1 heterocycles. The van der Waals surface area contributed by atoms with E-state index in [1.54, 1.807) is 24.5 Å². The first kappa shape index (κ1) is 14.4. The molecule has 0 spiro atoms. The van der Waals surface area contributed by atoms with Crippen LogP contribution >= 0.6 is 0 Å². The molecule has 0 fully saturated rings. The van der Waals surface area contributed by atoms with Gasteiger partial charge in [0.1, 0.15) is 16.4 Å². The molecule has 1 aromatic carbocycles. The van der Waals surface area contributed by atoms with Crippen LogP contribution in [0.4, 0.5) is 5.69 Å². The lowest BCUT2D eigenvalue weighted by Crippen LogP contribution is -2.26. The maximum Gasteiger partial charge on any atom is 0.242 e. The zero-order chi connectivity index (χ0) is 14.6. The zero-order valence-electron chi connectivity index (χ0n) is 11.0. The van der Waals surface area contributed by atoms with Crippen LogP contribution in [-0.4, -0.2) is 22.1 Å². The fourth-order valence-corrected chi connectivity index (χ4v) is 2.88. The summed E-state index contributed by atoms with van der Waals surface area (Å²) in [6.45, 7) is 0.237. The van der Waals surface area contributed by atoms with E-state index in [9.17, 15) is 8.42 Å². The Bertz CT molecular complexity index is 666. The van der Waals surface area contributed by atoms with Gasteiger partial charge in [-0.25, -0.2) is 13.1 Å². The summed E-state index contributed by atoms with van der Waals surface area (Å²) >= 11 is 0. The molecule has 0 saturated carbocycles. The summed E-state index contributed by atoms with van der Waals surface area (Å²) in [5.74, 6) is 1.23. The first-order chi connectivity index (χ1) is 9.53. The van der Waals surface area contributed by atoms with Gasteiger partial charge in [0.15, 0.2) is 0 Å². The average Bonchev–Trinajstić information content (AvgIpc) is 2.91. The van der Waals surface area contributed by atoms with Crippen molar-refractivity contribution in [3.05, 3.63) is 42.4 Å². The smallest absolute Gasteiger partial charge is 0.242 e. The van der Waals surface area contributed by atoms with E-state index in [-0.39, 0.29) is 17.1 Å². The second-order valence-corrected chi connectivity index (χ2v) is 5.87. The van der Waals surface area contributed by atoms with Crippen molar-refractivity contribution in [3.8, 4) is 5.75 Å². The number of sulfonamides is 1. The molecule has 6 nitrogen and oxygen atoms in total. The van der Waals surface area contributed by atoms with Gasteiger partial charge in [0.25, 0.3) is 0 Å². The molecule has 0 aliphatic carbocycles. The third-order valence-corrected chi connectivity index (χ3v) is 4.29. The summed E-state index contributed by atoms with van der Waals surface area (Å²) in [7, 11) is -2.15. The first-order valence-electron chi connectivity index (χ1n) is 5.98. The van der Waals surface area contributed by atoms with E-state index in [1.807, 2.05) is 0 Å². The van der Waals surface area contributed by atoms with E-state index in [1.165, 1.54) is 19.2 Å². The lowest BCUT2D eigenvalue weighted by Gasteiger charge is -2.09. The van der Waals surface area contributed by atoms with Crippen molar-refractivity contribution in [2.24, 2.45) is 0 Å². The SMILES string of the molecule is COc1ccc(S(=O)(=O)NCCc2ccco2)c(N)c1. The number of furan rings is 1. The number of ether oxygens (including phenoxy) is 1. The van der Waals surface area contributed by atoms with Crippen LogP contribution < -0.4 is 15.2 Å². The minimum absolute atomic E-state index is 0.0396. The van der Waals surface area contributed by atoms with E-state index in [0.29, 0.717) is 12.2 Å². The minimum atomic E-state index is -3.64. The number of hydrogen-bond acceptors (Lipinski definition) is 5. The normalized spacial score (nSPS) is 11.4. The Labute approximate surface area is 117 Å². The van der Waals surface area contributed by atoms with Gasteiger partial charge < -0.3 is 14.9 Å². The molecule has 0 atom stereocenters. The summed E-state index contributed by atoms with van der Waals surface area (Å²) in [6, 6.07) is 7.99. The molecule has 0 unspecified atom stereocenters. The van der Waals surface area contributed by atoms with E-state index in [0.717, 1.165) is 5.76 Å². The number of nitrogen functional groups attached to an aromatic ring is 1. The fraction of sp³-hybridized carbons (Fsp3) is 0.231. The summed E-state index contributed by atoms with van der Waals surface area (Å²) in [6.07, 6.45) is 2.02. The topological polar surface area (TPSA) is 94.6 Å². The van der Waals surface area contributed by atoms with Crippen molar-refractivity contribution in [3.63, 3.8) is 0 Å². The number of nitrogens with one attached hydrogen (secondary N) is 1. The first-order valence-corrected chi connectivity index (χ1v) is 7.47. The monoisotopic (exact) mass is 296 g/mol. The Morgan fingerprint density at radius 3 is 2.75 bits per heavy atom. The lowest BCUT2D eigenvalue weighted by atomic mass is 10.3. The predicted octanol–water partition coefficient (Wildman–Crippen LogP) is 1.39. The second-order valence-electron chi connectivity index (χ2n) is 4.13. The largest absolute Gasteiger partial charge is 0.497 e. The molecule has 20 heavy (non-hydrogen) atoms. The Hall–Kier alpha value is -1.99. The Morgan fingerprint density at radius 2 is 2.15 bits per heavy atom. The van der Waals surface area contributed by atoms with Crippen molar-refractivity contribution in [1.29, 1.82) is 0 Å². The molecule has 0 saturated heterocycles. The zero-order valence-corrected chi connectivity index (χ0v) is 11.8. The molecule has 0 amide bonds. The second kappa shape index (κ2) is 5.98. The van der Waals surface area contributed by atoms with Crippen molar-refractivity contribution in [1.82, 2.24) is 4.72 Å². The molecular weight excluding hydrogens is 280 g/mol. The number of methoxy groups -OCH3 is 1. The van der Waals surface area contributed by atoms with E-state index in [2.05, 4.69) is 4.72 Å². The molecule has 0 radical (unpaired) electrons. The Morgan fingerprint density at radius 1 is 1.35 bits per heavy atom. The standard InChI is InChI=1S/C13H16N2O4S/c1-18-11-4-5-13(12(14)9-11)20(16,17)15-7-6-10-3-2-8-19-10/h2-5,8-9,15H,6-7,14H2,1H3. The fourth-order valence-electron chi connectivity index (χ4n) is 1.74. The van der Waals surface area contributed by atoms with Crippen molar-refractivity contribution >= 4 is 15.7 Å². The molecule has 2 aromatic rings. The highest BCUT2D eigenvalue weighted by molar-refractivity contribution is 7.89. The molecule has 3 N–H and O–H groups in total. The third kappa shape index (κ3) is 3.31. The summed E-state index contributed by atoms with van der Waals surface area (Å²) in [4.78, 5) is 0.0396. The third-order valence-electron chi connectivity index (χ3n) is 2.75. The highest BCUT2D eigenvalue weighted by Gasteiger charge is 2.17. The van der Waals surface area contributed by atoms with Gasteiger partial charge in [-0.15, -0.1) is 0 Å². The van der Waals surface area contributed by atoms with Crippen LogP contribution in [0.1, 0.15) is 5.76 Å². The van der Waals surface area contributed by atoms with E-state index < -0.39 is 10.0 Å². The quantitative estimate of drug-likeness (QED) is 0.786. The number of anilines is 1. The summed E-state index contributed by atoms with van der Waals surface area (Å²) in [5.41, 5.74) is 5.88. The van der Waals surface area contributed by atoms with Crippen LogP contribution in [0.2, 0.25) is 0 Å². The maximum absolute atomic E-state index is 12.1. The van der Waals surface area contributed by atoms with Crippen LogP contribution in [0.25, 0.3) is 0 Å². The number of rotatable bonds is 6. The molecule has 0 aliphatic heterocycles. The van der Waals surface area contributed by atoms with Gasteiger partial charge >= 0.3 is 0 Å². The molecule has 108 valence electrons. The van der Waals surface area contributed by atoms with Crippen LogP contribution in [0.15, 0.2) is 45.9 Å². The Kier molecular flexibility index (Phi) is 4.31. The number of benzene rings is 1. The number of nitrogens with two attached hydrogens (primary N) is 1. The molecule has 2 rings (SSSR count). The highest BCUT2D eigenvalue weighted by atomic mass is 32.2. The average molecular weight is 296 g/mol. The highest BCUT2D eigenvalue weighted by Crippen LogP contribution is 2.23. The van der Waals surface area contributed by atoms with Crippen LogP contribution in [-0.2, 0) is 16.4 Å². The molecule has 0 bridgehead atoms. The van der Waals surface area contributed by atoms with Gasteiger partial charge in [-0.3, -0.25) is 0 Å². The van der Waals surface area contributed by atoms with E-state index >= 15 is 0 Å². The van der Waals surface area contributed by atoms with Gasteiger partial charge in [0, 0.05) is 19.0 Å². The van der Waals surface area contributed by atoms with Gasteiger partial charge in [0.2, 0.25) is 10.0 Å². The summed E-state index contributed by atoms with van der Waals surface area (Å²) in [5, 5.41) is 0. The van der Waals surface area contributed by atoms with Crippen LogP contribution in [0, 0.1) is 0 Å².